The molecule has 0 saturated carbocycles. The van der Waals surface area contributed by atoms with E-state index in [4.69, 9.17) is 9.26 Å². The molecule has 1 fully saturated rings. The van der Waals surface area contributed by atoms with Gasteiger partial charge < -0.3 is 24.0 Å². The van der Waals surface area contributed by atoms with Crippen molar-refractivity contribution in [2.75, 3.05) is 33.3 Å². The summed E-state index contributed by atoms with van der Waals surface area (Å²) in [6.45, 7) is 4.17. The quantitative estimate of drug-likeness (QED) is 0.764. The largest absolute Gasteiger partial charge is 0.479 e. The summed E-state index contributed by atoms with van der Waals surface area (Å²) in [5.41, 5.74) is 1.26. The van der Waals surface area contributed by atoms with E-state index in [2.05, 4.69) is 21.4 Å². The van der Waals surface area contributed by atoms with Crippen molar-refractivity contribution in [3.8, 4) is 5.88 Å². The number of piperidine rings is 1. The molecule has 150 valence electrons. The second-order valence-corrected chi connectivity index (χ2v) is 7.64. The van der Waals surface area contributed by atoms with Gasteiger partial charge in [-0.15, -0.1) is 0 Å². The van der Waals surface area contributed by atoms with Gasteiger partial charge in [0.1, 0.15) is 5.76 Å². The van der Waals surface area contributed by atoms with Crippen LogP contribution in [0.4, 0.5) is 0 Å². The summed E-state index contributed by atoms with van der Waals surface area (Å²) in [4.78, 5) is 26.6. The predicted molar refractivity (Wildman–Crippen MR) is 102 cm³/mol. The van der Waals surface area contributed by atoms with E-state index in [0.29, 0.717) is 42.9 Å². The predicted octanol–water partition coefficient (Wildman–Crippen LogP) is 1.01. The molecule has 2 aliphatic heterocycles. The highest BCUT2D eigenvalue weighted by molar-refractivity contribution is 5.76. The summed E-state index contributed by atoms with van der Waals surface area (Å²) in [6.07, 6.45) is 2.01. The lowest BCUT2D eigenvalue weighted by Gasteiger charge is -2.42. The summed E-state index contributed by atoms with van der Waals surface area (Å²) in [5, 5.41) is 6.71. The summed E-state index contributed by atoms with van der Waals surface area (Å²) in [7, 11) is 1.53. The fourth-order valence-electron chi connectivity index (χ4n) is 4.36. The number of carbonyl (C=O) groups is 1. The Morgan fingerprint density at radius 2 is 2.25 bits per heavy atom. The number of aryl methyl sites for hydroxylation is 1. The number of ether oxygens (including phenoxy) is 1. The summed E-state index contributed by atoms with van der Waals surface area (Å²) >= 11 is 0. The van der Waals surface area contributed by atoms with E-state index in [1.54, 1.807) is 12.1 Å². The molecule has 4 heterocycles. The van der Waals surface area contributed by atoms with Gasteiger partial charge in [-0.1, -0.05) is 6.07 Å². The van der Waals surface area contributed by atoms with E-state index >= 15 is 0 Å². The molecule has 1 amide bonds. The van der Waals surface area contributed by atoms with Gasteiger partial charge in [0.2, 0.25) is 5.91 Å². The SMILES string of the molecule is COc1cc(CCC(=O)NCCN2C[C@H]3C[C@@H](C2)c2cccc(=O)n2C3)on1. The molecule has 2 aromatic heterocycles. The van der Waals surface area contributed by atoms with Crippen LogP contribution in [0.15, 0.2) is 33.6 Å². The topological polar surface area (TPSA) is 89.6 Å². The number of methoxy groups -OCH3 is 1. The van der Waals surface area contributed by atoms with Crippen molar-refractivity contribution < 1.29 is 14.1 Å². The Balaban J connectivity index is 1.23. The van der Waals surface area contributed by atoms with E-state index in [-0.39, 0.29) is 11.5 Å². The molecular weight excluding hydrogens is 360 g/mol. The van der Waals surface area contributed by atoms with Gasteiger partial charge in [-0.3, -0.25) is 9.59 Å². The van der Waals surface area contributed by atoms with Crippen LogP contribution in [0.3, 0.4) is 0 Å². The van der Waals surface area contributed by atoms with Crippen LogP contribution in [0.2, 0.25) is 0 Å². The molecule has 8 heteroatoms. The van der Waals surface area contributed by atoms with E-state index < -0.39 is 0 Å². The smallest absolute Gasteiger partial charge is 0.254 e. The second kappa shape index (κ2) is 8.18. The standard InChI is InChI=1S/C20H26N4O4/c1-27-19-10-16(28-22-19)5-6-18(25)21-7-8-23-11-14-9-15(13-23)17-3-2-4-20(26)24(17)12-14/h2-4,10,14-15H,5-9,11-13H2,1H3,(H,21,25)/t14-,15+/m1/s1. The summed E-state index contributed by atoms with van der Waals surface area (Å²) in [5.74, 6) is 1.98. The highest BCUT2D eigenvalue weighted by Crippen LogP contribution is 2.34. The van der Waals surface area contributed by atoms with Crippen molar-refractivity contribution >= 4 is 5.91 Å². The number of nitrogens with one attached hydrogen (secondary N) is 1. The van der Waals surface area contributed by atoms with Crippen LogP contribution in [-0.4, -0.2) is 53.8 Å². The minimum Gasteiger partial charge on any atom is -0.479 e. The van der Waals surface area contributed by atoms with Crippen LogP contribution in [0.5, 0.6) is 5.88 Å². The number of fused-ring (bicyclic) bond motifs is 4. The zero-order valence-corrected chi connectivity index (χ0v) is 16.1. The van der Waals surface area contributed by atoms with Gasteiger partial charge in [-0.2, -0.15) is 0 Å². The van der Waals surface area contributed by atoms with Gasteiger partial charge in [-0.25, -0.2) is 0 Å². The number of carbonyl (C=O) groups excluding carboxylic acids is 1. The zero-order chi connectivity index (χ0) is 19.5. The number of hydrogen-bond donors (Lipinski definition) is 1. The minimum absolute atomic E-state index is 0.00414. The first-order chi connectivity index (χ1) is 13.6. The molecule has 0 unspecified atom stereocenters. The maximum Gasteiger partial charge on any atom is 0.254 e. The number of nitrogens with zero attached hydrogens (tertiary/aromatic N) is 3. The van der Waals surface area contributed by atoms with Crippen LogP contribution in [0.25, 0.3) is 0 Å². The summed E-state index contributed by atoms with van der Waals surface area (Å²) in [6, 6.07) is 7.28. The second-order valence-electron chi connectivity index (χ2n) is 7.64. The Morgan fingerprint density at radius 3 is 3.07 bits per heavy atom. The average Bonchev–Trinajstić information content (AvgIpc) is 3.15. The first kappa shape index (κ1) is 18.7. The van der Waals surface area contributed by atoms with Crippen LogP contribution in [-0.2, 0) is 17.8 Å². The van der Waals surface area contributed by atoms with Gasteiger partial charge in [0.15, 0.2) is 0 Å². The maximum absolute atomic E-state index is 12.1. The Bertz CT molecular complexity index is 890. The number of rotatable bonds is 7. The fraction of sp³-hybridized carbons (Fsp3) is 0.550. The Labute approximate surface area is 163 Å². The molecule has 28 heavy (non-hydrogen) atoms. The monoisotopic (exact) mass is 386 g/mol. The minimum atomic E-state index is 0.00414. The van der Waals surface area contributed by atoms with Crippen molar-refractivity contribution in [2.45, 2.75) is 31.7 Å². The molecule has 0 radical (unpaired) electrons. The van der Waals surface area contributed by atoms with Crippen molar-refractivity contribution in [1.82, 2.24) is 19.9 Å². The first-order valence-electron chi connectivity index (χ1n) is 9.80. The highest BCUT2D eigenvalue weighted by Gasteiger charge is 2.34. The lowest BCUT2D eigenvalue weighted by molar-refractivity contribution is -0.121. The fourth-order valence-corrected chi connectivity index (χ4v) is 4.36. The number of amides is 1. The molecule has 8 nitrogen and oxygen atoms in total. The van der Waals surface area contributed by atoms with Crippen molar-refractivity contribution in [3.05, 3.63) is 46.1 Å². The maximum atomic E-state index is 12.1. The molecule has 2 aliphatic rings. The molecule has 2 atom stereocenters. The van der Waals surface area contributed by atoms with Gasteiger partial charge in [0.05, 0.1) is 7.11 Å². The summed E-state index contributed by atoms with van der Waals surface area (Å²) < 4.78 is 12.0. The van der Waals surface area contributed by atoms with Crippen molar-refractivity contribution in [1.29, 1.82) is 0 Å². The molecule has 2 bridgehead atoms. The number of likely N-dealkylation sites (tertiary alicyclic amines) is 1. The van der Waals surface area contributed by atoms with Gasteiger partial charge in [0, 0.05) is 69.3 Å². The van der Waals surface area contributed by atoms with Crippen LogP contribution >= 0.6 is 0 Å². The third-order valence-electron chi connectivity index (χ3n) is 5.65. The van der Waals surface area contributed by atoms with Crippen molar-refractivity contribution in [3.63, 3.8) is 0 Å². The van der Waals surface area contributed by atoms with Gasteiger partial charge >= 0.3 is 0 Å². The van der Waals surface area contributed by atoms with Gasteiger partial charge in [0.25, 0.3) is 11.4 Å². The zero-order valence-electron chi connectivity index (χ0n) is 16.1. The lowest BCUT2D eigenvalue weighted by Crippen LogP contribution is -2.48. The normalized spacial score (nSPS) is 21.2. The number of pyridine rings is 1. The molecule has 1 saturated heterocycles. The van der Waals surface area contributed by atoms with Crippen molar-refractivity contribution in [2.24, 2.45) is 5.92 Å². The molecule has 4 rings (SSSR count). The molecular formula is C20H26N4O4. The first-order valence-corrected chi connectivity index (χ1v) is 9.80. The van der Waals surface area contributed by atoms with E-state index in [9.17, 15) is 9.59 Å². The Hall–Kier alpha value is -2.61. The molecule has 0 aliphatic carbocycles. The van der Waals surface area contributed by atoms with E-state index in [1.807, 2.05) is 10.6 Å². The molecule has 1 N–H and O–H groups in total. The molecule has 0 spiro atoms. The van der Waals surface area contributed by atoms with Crippen LogP contribution in [0, 0.1) is 5.92 Å². The Morgan fingerprint density at radius 1 is 1.36 bits per heavy atom. The van der Waals surface area contributed by atoms with Crippen LogP contribution in [0.1, 0.15) is 30.2 Å². The molecule has 2 aromatic rings. The number of aromatic nitrogens is 2. The highest BCUT2D eigenvalue weighted by atomic mass is 16.5. The van der Waals surface area contributed by atoms with E-state index in [0.717, 1.165) is 38.3 Å². The van der Waals surface area contributed by atoms with Gasteiger partial charge in [-0.05, 0) is 23.6 Å². The van der Waals surface area contributed by atoms with Crippen LogP contribution < -0.4 is 15.6 Å². The third kappa shape index (κ3) is 4.11. The number of hydrogen-bond acceptors (Lipinski definition) is 6. The lowest BCUT2D eigenvalue weighted by atomic mass is 9.83. The average molecular weight is 386 g/mol. The Kier molecular flexibility index (Phi) is 5.47. The molecule has 0 aromatic carbocycles. The third-order valence-corrected chi connectivity index (χ3v) is 5.65. The van der Waals surface area contributed by atoms with E-state index in [1.165, 1.54) is 7.11 Å².